The van der Waals surface area contributed by atoms with Crippen LogP contribution in [0.5, 0.6) is 5.75 Å². The van der Waals surface area contributed by atoms with Crippen molar-refractivity contribution in [1.29, 1.82) is 0 Å². The minimum atomic E-state index is -0.490. The maximum absolute atomic E-state index is 13.2. The first-order chi connectivity index (χ1) is 15.3. The van der Waals surface area contributed by atoms with Crippen LogP contribution in [-0.4, -0.2) is 35.4 Å². The van der Waals surface area contributed by atoms with Gasteiger partial charge in [0.05, 0.1) is 6.61 Å². The predicted octanol–water partition coefficient (Wildman–Crippen LogP) is 5.18. The first-order valence-electron chi connectivity index (χ1n) is 11.7. The molecule has 0 aliphatic carbocycles. The van der Waals surface area contributed by atoms with Gasteiger partial charge in [0, 0.05) is 19.0 Å². The molecule has 0 saturated carbocycles. The number of rotatable bonds is 12. The molecule has 0 spiro atoms. The Morgan fingerprint density at radius 2 is 1.53 bits per heavy atom. The Balaban J connectivity index is 2.05. The normalized spacial score (nSPS) is 12.7. The van der Waals surface area contributed by atoms with Gasteiger partial charge >= 0.3 is 0 Å². The minimum absolute atomic E-state index is 0.0239. The van der Waals surface area contributed by atoms with Crippen molar-refractivity contribution in [3.63, 3.8) is 0 Å². The van der Waals surface area contributed by atoms with Gasteiger partial charge in [-0.3, -0.25) is 9.59 Å². The van der Waals surface area contributed by atoms with Gasteiger partial charge in [-0.15, -0.1) is 0 Å². The zero-order valence-electron chi connectivity index (χ0n) is 20.2. The molecule has 0 unspecified atom stereocenters. The lowest BCUT2D eigenvalue weighted by Gasteiger charge is -2.31. The molecule has 1 N–H and O–H groups in total. The van der Waals surface area contributed by atoms with Crippen LogP contribution in [0.3, 0.4) is 0 Å². The van der Waals surface area contributed by atoms with Crippen LogP contribution in [-0.2, 0) is 16.1 Å². The summed E-state index contributed by atoms with van der Waals surface area (Å²) in [6.45, 7) is 10.9. The predicted molar refractivity (Wildman–Crippen MR) is 130 cm³/mol. The summed E-state index contributed by atoms with van der Waals surface area (Å²) in [7, 11) is 0. The first kappa shape index (κ1) is 25.4. The highest BCUT2D eigenvalue weighted by Crippen LogP contribution is 2.16. The van der Waals surface area contributed by atoms with Crippen molar-refractivity contribution in [3.8, 4) is 5.75 Å². The van der Waals surface area contributed by atoms with E-state index in [-0.39, 0.29) is 17.9 Å². The van der Waals surface area contributed by atoms with Crippen molar-refractivity contribution in [2.75, 3.05) is 6.61 Å². The Labute approximate surface area is 193 Å². The summed E-state index contributed by atoms with van der Waals surface area (Å²) < 4.78 is 5.77. The van der Waals surface area contributed by atoms with Crippen molar-refractivity contribution in [3.05, 3.63) is 65.2 Å². The Hall–Kier alpha value is -2.82. The van der Waals surface area contributed by atoms with Crippen LogP contribution in [0.4, 0.5) is 0 Å². The van der Waals surface area contributed by atoms with Crippen molar-refractivity contribution in [2.45, 2.75) is 78.9 Å². The highest BCUT2D eigenvalue weighted by atomic mass is 16.5. The fourth-order valence-corrected chi connectivity index (χ4v) is 3.44. The Morgan fingerprint density at radius 3 is 2.09 bits per heavy atom. The van der Waals surface area contributed by atoms with Crippen LogP contribution in [0.15, 0.2) is 48.5 Å². The molecular formula is C27H38N2O3. The standard InChI is InChI=1S/C27H38N2O3/c1-6-22(5)28-27(31)25(7-2)29(19-23-14-10-20(3)11-15-23)26(30)9-8-18-32-24-16-12-21(4)13-17-24/h10-17,22,25H,6-9,18-19H2,1-5H3,(H,28,31)/t22-,25-/m0/s1. The van der Waals surface area contributed by atoms with Gasteiger partial charge in [0.25, 0.3) is 0 Å². The molecule has 2 amide bonds. The minimum Gasteiger partial charge on any atom is -0.494 e. The molecular weight excluding hydrogens is 400 g/mol. The van der Waals surface area contributed by atoms with E-state index in [0.717, 1.165) is 17.7 Å². The maximum atomic E-state index is 13.2. The third-order valence-electron chi connectivity index (χ3n) is 5.69. The lowest BCUT2D eigenvalue weighted by atomic mass is 10.1. The number of benzene rings is 2. The van der Waals surface area contributed by atoms with E-state index in [9.17, 15) is 9.59 Å². The molecule has 32 heavy (non-hydrogen) atoms. The number of carbonyl (C=O) groups excluding carboxylic acids is 2. The zero-order chi connectivity index (χ0) is 23.5. The molecule has 0 fully saturated rings. The highest BCUT2D eigenvalue weighted by Gasteiger charge is 2.28. The summed E-state index contributed by atoms with van der Waals surface area (Å²) in [5, 5.41) is 3.05. The monoisotopic (exact) mass is 438 g/mol. The van der Waals surface area contributed by atoms with Crippen molar-refractivity contribution in [2.24, 2.45) is 0 Å². The summed E-state index contributed by atoms with van der Waals surface area (Å²) in [6, 6.07) is 15.6. The van der Waals surface area contributed by atoms with Gasteiger partial charge in [0.15, 0.2) is 0 Å². The van der Waals surface area contributed by atoms with Crippen molar-refractivity contribution < 1.29 is 14.3 Å². The van der Waals surface area contributed by atoms with Gasteiger partial charge in [0.1, 0.15) is 11.8 Å². The fraction of sp³-hybridized carbons (Fsp3) is 0.481. The Kier molecular flexibility index (Phi) is 10.3. The van der Waals surface area contributed by atoms with Crippen LogP contribution < -0.4 is 10.1 Å². The number of nitrogens with zero attached hydrogens (tertiary/aromatic N) is 1. The summed E-state index contributed by atoms with van der Waals surface area (Å²) in [4.78, 5) is 27.9. The van der Waals surface area contributed by atoms with Crippen LogP contribution in [0, 0.1) is 13.8 Å². The van der Waals surface area contributed by atoms with Gasteiger partial charge < -0.3 is 15.0 Å². The van der Waals surface area contributed by atoms with E-state index in [0.29, 0.717) is 32.4 Å². The molecule has 0 bridgehead atoms. The molecule has 2 atom stereocenters. The largest absolute Gasteiger partial charge is 0.494 e. The van der Waals surface area contributed by atoms with Crippen LogP contribution in [0.25, 0.3) is 0 Å². The second-order valence-corrected chi connectivity index (χ2v) is 8.51. The van der Waals surface area contributed by atoms with Crippen molar-refractivity contribution in [1.82, 2.24) is 10.2 Å². The molecule has 0 aliphatic heterocycles. The van der Waals surface area contributed by atoms with Crippen molar-refractivity contribution >= 4 is 11.8 Å². The first-order valence-corrected chi connectivity index (χ1v) is 11.7. The number of hydrogen-bond acceptors (Lipinski definition) is 3. The second kappa shape index (κ2) is 12.9. The van der Waals surface area contributed by atoms with E-state index in [1.54, 1.807) is 4.90 Å². The maximum Gasteiger partial charge on any atom is 0.243 e. The zero-order valence-corrected chi connectivity index (χ0v) is 20.2. The summed E-state index contributed by atoms with van der Waals surface area (Å²) >= 11 is 0. The Bertz CT molecular complexity index is 846. The van der Waals surface area contributed by atoms with Crippen LogP contribution in [0.2, 0.25) is 0 Å². The molecule has 0 aromatic heterocycles. The van der Waals surface area contributed by atoms with E-state index in [1.807, 2.05) is 83.1 Å². The molecule has 0 heterocycles. The van der Waals surface area contributed by atoms with E-state index in [4.69, 9.17) is 4.74 Å². The number of ether oxygens (including phenoxy) is 1. The number of carbonyl (C=O) groups is 2. The van der Waals surface area contributed by atoms with Gasteiger partial charge in [0.2, 0.25) is 11.8 Å². The topological polar surface area (TPSA) is 58.6 Å². The third-order valence-corrected chi connectivity index (χ3v) is 5.69. The third kappa shape index (κ3) is 8.03. The molecule has 5 nitrogen and oxygen atoms in total. The Morgan fingerprint density at radius 1 is 0.938 bits per heavy atom. The van der Waals surface area contributed by atoms with E-state index < -0.39 is 6.04 Å². The highest BCUT2D eigenvalue weighted by molar-refractivity contribution is 5.87. The molecule has 2 aromatic carbocycles. The average molecular weight is 439 g/mol. The molecule has 2 aromatic rings. The average Bonchev–Trinajstić information content (AvgIpc) is 2.78. The number of aryl methyl sites for hydroxylation is 2. The quantitative estimate of drug-likeness (QED) is 0.464. The second-order valence-electron chi connectivity index (χ2n) is 8.51. The lowest BCUT2D eigenvalue weighted by molar-refractivity contribution is -0.141. The van der Waals surface area contributed by atoms with Gasteiger partial charge in [-0.2, -0.15) is 0 Å². The number of nitrogens with one attached hydrogen (secondary N) is 1. The van der Waals surface area contributed by atoms with E-state index in [2.05, 4.69) is 5.32 Å². The van der Waals surface area contributed by atoms with E-state index >= 15 is 0 Å². The van der Waals surface area contributed by atoms with E-state index in [1.165, 1.54) is 11.1 Å². The summed E-state index contributed by atoms with van der Waals surface area (Å²) in [5.74, 6) is 0.696. The van der Waals surface area contributed by atoms with Crippen LogP contribution >= 0.6 is 0 Å². The molecule has 174 valence electrons. The van der Waals surface area contributed by atoms with Gasteiger partial charge in [-0.05, 0) is 57.7 Å². The van der Waals surface area contributed by atoms with Gasteiger partial charge in [-0.25, -0.2) is 0 Å². The lowest BCUT2D eigenvalue weighted by Crippen LogP contribution is -2.50. The summed E-state index contributed by atoms with van der Waals surface area (Å²) in [5.41, 5.74) is 3.37. The molecule has 0 saturated heterocycles. The molecule has 2 rings (SSSR count). The van der Waals surface area contributed by atoms with Gasteiger partial charge in [-0.1, -0.05) is 61.4 Å². The molecule has 5 heteroatoms. The number of amides is 2. The molecule has 0 aliphatic rings. The SMILES string of the molecule is CC[C@H](C)NC(=O)[C@H](CC)N(Cc1ccc(C)cc1)C(=O)CCCOc1ccc(C)cc1. The van der Waals surface area contributed by atoms with Crippen LogP contribution in [0.1, 0.15) is 63.1 Å². The smallest absolute Gasteiger partial charge is 0.243 e. The summed E-state index contributed by atoms with van der Waals surface area (Å²) in [6.07, 6.45) is 2.36. The fourth-order valence-electron chi connectivity index (χ4n) is 3.44. The number of hydrogen-bond donors (Lipinski definition) is 1. The molecule has 0 radical (unpaired) electrons.